The molecule has 0 aliphatic carbocycles. The number of aromatic nitrogens is 2. The lowest BCUT2D eigenvalue weighted by Gasteiger charge is -2.12. The Morgan fingerprint density at radius 2 is 1.86 bits per heavy atom. The van der Waals surface area contributed by atoms with Crippen molar-refractivity contribution in [2.24, 2.45) is 5.10 Å². The van der Waals surface area contributed by atoms with Crippen molar-refractivity contribution in [1.29, 1.82) is 0 Å². The topological polar surface area (TPSA) is 79.4 Å². The molecule has 0 amide bonds. The summed E-state index contributed by atoms with van der Waals surface area (Å²) < 4.78 is 6.08. The number of anilines is 1. The summed E-state index contributed by atoms with van der Waals surface area (Å²) in [6.45, 7) is 2.21. The van der Waals surface area contributed by atoms with Crippen molar-refractivity contribution in [3.63, 3.8) is 0 Å². The molecule has 0 saturated heterocycles. The maximum absolute atomic E-state index is 11.6. The van der Waals surface area contributed by atoms with Crippen LogP contribution >= 0.6 is 0 Å². The summed E-state index contributed by atoms with van der Waals surface area (Å²) in [6.07, 6.45) is 1.69. The maximum atomic E-state index is 11.6. The second kappa shape index (κ2) is 8.39. The fraction of sp³-hybridized carbons (Fsp3) is 0.0870. The molecule has 144 valence electrons. The van der Waals surface area contributed by atoms with Gasteiger partial charge in [-0.3, -0.25) is 9.78 Å². The molecule has 6 nitrogen and oxygen atoms in total. The molecule has 1 aromatic heterocycles. The first-order valence-electron chi connectivity index (χ1n) is 9.24. The number of ether oxygens (including phenoxy) is 1. The smallest absolute Gasteiger partial charge is 0.252 e. The average molecular weight is 384 g/mol. The van der Waals surface area contributed by atoms with Crippen LogP contribution in [0.15, 0.2) is 82.7 Å². The molecule has 0 bridgehead atoms. The Kier molecular flexibility index (Phi) is 5.33. The van der Waals surface area contributed by atoms with Crippen molar-refractivity contribution in [2.45, 2.75) is 13.5 Å². The van der Waals surface area contributed by atoms with E-state index in [-0.39, 0.29) is 5.56 Å². The second-order valence-corrected chi connectivity index (χ2v) is 6.58. The molecule has 0 radical (unpaired) electrons. The van der Waals surface area contributed by atoms with E-state index >= 15 is 0 Å². The number of hydrogen-bond donors (Lipinski definition) is 2. The molecule has 2 N–H and O–H groups in total. The lowest BCUT2D eigenvalue weighted by atomic mass is 10.0. The highest BCUT2D eigenvalue weighted by Gasteiger charge is 2.08. The van der Waals surface area contributed by atoms with Crippen molar-refractivity contribution in [1.82, 2.24) is 9.97 Å². The van der Waals surface area contributed by atoms with E-state index in [1.807, 2.05) is 66.7 Å². The molecule has 0 fully saturated rings. The summed E-state index contributed by atoms with van der Waals surface area (Å²) in [7, 11) is 0. The van der Waals surface area contributed by atoms with Crippen LogP contribution in [0.25, 0.3) is 10.8 Å². The predicted molar refractivity (Wildman–Crippen MR) is 116 cm³/mol. The average Bonchev–Trinajstić information content (AvgIpc) is 2.73. The van der Waals surface area contributed by atoms with Crippen LogP contribution in [0.4, 0.5) is 5.95 Å². The minimum atomic E-state index is -0.229. The van der Waals surface area contributed by atoms with Crippen LogP contribution in [-0.4, -0.2) is 16.2 Å². The zero-order valence-corrected chi connectivity index (χ0v) is 15.9. The van der Waals surface area contributed by atoms with Crippen molar-refractivity contribution in [3.05, 3.63) is 100.0 Å². The first kappa shape index (κ1) is 18.4. The number of benzene rings is 3. The number of nitrogens with one attached hydrogen (secondary N) is 2. The highest BCUT2D eigenvalue weighted by atomic mass is 16.5. The molecule has 1 heterocycles. The van der Waals surface area contributed by atoms with Gasteiger partial charge in [-0.15, -0.1) is 0 Å². The molecule has 4 aromatic rings. The van der Waals surface area contributed by atoms with Crippen LogP contribution in [0.2, 0.25) is 0 Å². The summed E-state index contributed by atoms with van der Waals surface area (Å²) in [5.41, 5.74) is 5.11. The Labute approximate surface area is 167 Å². The van der Waals surface area contributed by atoms with E-state index in [1.54, 1.807) is 13.1 Å². The number of hydrogen-bond acceptors (Lipinski definition) is 5. The minimum absolute atomic E-state index is 0.229. The van der Waals surface area contributed by atoms with Crippen LogP contribution in [0.5, 0.6) is 5.75 Å². The fourth-order valence-electron chi connectivity index (χ4n) is 3.06. The van der Waals surface area contributed by atoms with Gasteiger partial charge in [0.15, 0.2) is 0 Å². The first-order valence-corrected chi connectivity index (χ1v) is 9.24. The highest BCUT2D eigenvalue weighted by molar-refractivity contribution is 6.02. The normalized spacial score (nSPS) is 11.1. The second-order valence-electron chi connectivity index (χ2n) is 6.58. The van der Waals surface area contributed by atoms with Gasteiger partial charge in [0.05, 0.1) is 6.21 Å². The number of fused-ring (bicyclic) bond motifs is 1. The molecule has 0 saturated carbocycles. The van der Waals surface area contributed by atoms with Gasteiger partial charge in [-0.1, -0.05) is 60.7 Å². The first-order chi connectivity index (χ1) is 14.2. The third kappa shape index (κ3) is 4.50. The molecule has 0 aliphatic rings. The summed E-state index contributed by atoms with van der Waals surface area (Å²) in [5, 5.41) is 6.38. The van der Waals surface area contributed by atoms with Gasteiger partial charge < -0.3 is 4.74 Å². The summed E-state index contributed by atoms with van der Waals surface area (Å²) in [6, 6.07) is 23.4. The quantitative estimate of drug-likeness (QED) is 0.385. The largest absolute Gasteiger partial charge is 0.488 e. The third-order valence-corrected chi connectivity index (χ3v) is 4.40. The maximum Gasteiger partial charge on any atom is 0.252 e. The lowest BCUT2D eigenvalue weighted by molar-refractivity contribution is 0.306. The van der Waals surface area contributed by atoms with E-state index in [9.17, 15) is 4.79 Å². The van der Waals surface area contributed by atoms with E-state index in [2.05, 4.69) is 20.5 Å². The number of nitrogens with zero attached hydrogens (tertiary/aromatic N) is 2. The zero-order valence-electron chi connectivity index (χ0n) is 15.9. The summed E-state index contributed by atoms with van der Waals surface area (Å²) >= 11 is 0. The Morgan fingerprint density at radius 1 is 1.07 bits per heavy atom. The van der Waals surface area contributed by atoms with Crippen molar-refractivity contribution in [2.75, 3.05) is 5.43 Å². The zero-order chi connectivity index (χ0) is 20.1. The van der Waals surface area contributed by atoms with E-state index < -0.39 is 0 Å². The molecular weight excluding hydrogens is 364 g/mol. The molecule has 29 heavy (non-hydrogen) atoms. The predicted octanol–water partition coefficient (Wildman–Crippen LogP) is 4.26. The van der Waals surface area contributed by atoms with Crippen LogP contribution in [-0.2, 0) is 6.61 Å². The number of rotatable bonds is 6. The van der Waals surface area contributed by atoms with Gasteiger partial charge in [0, 0.05) is 17.3 Å². The molecule has 4 rings (SSSR count). The fourth-order valence-corrected chi connectivity index (χ4v) is 3.06. The Hall–Kier alpha value is -3.93. The minimum Gasteiger partial charge on any atom is -0.488 e. The monoisotopic (exact) mass is 384 g/mol. The van der Waals surface area contributed by atoms with Crippen molar-refractivity contribution < 1.29 is 4.74 Å². The van der Waals surface area contributed by atoms with Crippen LogP contribution in [0, 0.1) is 6.92 Å². The van der Waals surface area contributed by atoms with Gasteiger partial charge >= 0.3 is 0 Å². The van der Waals surface area contributed by atoms with Crippen molar-refractivity contribution >= 4 is 22.9 Å². The van der Waals surface area contributed by atoms with Gasteiger partial charge in [-0.05, 0) is 29.3 Å². The van der Waals surface area contributed by atoms with Gasteiger partial charge in [0.25, 0.3) is 5.56 Å². The molecule has 3 aromatic carbocycles. The Balaban J connectivity index is 1.64. The lowest BCUT2D eigenvalue weighted by Crippen LogP contribution is -2.10. The van der Waals surface area contributed by atoms with E-state index in [0.717, 1.165) is 27.6 Å². The molecule has 0 spiro atoms. The van der Waals surface area contributed by atoms with E-state index in [1.165, 1.54) is 6.07 Å². The van der Waals surface area contributed by atoms with Gasteiger partial charge in [0.1, 0.15) is 12.4 Å². The van der Waals surface area contributed by atoms with Gasteiger partial charge in [0.2, 0.25) is 5.95 Å². The molecular formula is C23H20N4O2. The molecule has 0 unspecified atom stereocenters. The summed E-state index contributed by atoms with van der Waals surface area (Å²) in [4.78, 5) is 18.4. The Bertz CT molecular complexity index is 1220. The number of aryl methyl sites for hydroxylation is 1. The van der Waals surface area contributed by atoms with Crippen molar-refractivity contribution in [3.8, 4) is 5.75 Å². The van der Waals surface area contributed by atoms with Crippen LogP contribution < -0.4 is 15.7 Å². The van der Waals surface area contributed by atoms with Gasteiger partial charge in [-0.2, -0.15) is 5.10 Å². The van der Waals surface area contributed by atoms with E-state index in [4.69, 9.17) is 4.74 Å². The Morgan fingerprint density at radius 3 is 2.69 bits per heavy atom. The number of aromatic amines is 1. The highest BCUT2D eigenvalue weighted by Crippen LogP contribution is 2.27. The number of hydrazone groups is 1. The standard InChI is InChI=1S/C23H20N4O2/c1-16-13-22(28)26-23(25-16)27-24-14-20-19-10-6-5-9-18(19)11-12-21(20)29-15-17-7-3-2-4-8-17/h2-14H,15H2,1H3,(H2,25,26,27,28)/b24-14+. The SMILES string of the molecule is Cc1cc(=O)[nH]c(N/N=C/c2c(OCc3ccccc3)ccc3ccccc23)n1. The van der Waals surface area contributed by atoms with Crippen LogP contribution in [0.1, 0.15) is 16.8 Å². The number of H-pyrrole nitrogens is 1. The molecule has 0 aliphatic heterocycles. The molecule has 0 atom stereocenters. The van der Waals surface area contributed by atoms with E-state index in [0.29, 0.717) is 18.2 Å². The summed E-state index contributed by atoms with van der Waals surface area (Å²) in [5.74, 6) is 1.02. The van der Waals surface area contributed by atoms with Gasteiger partial charge in [-0.25, -0.2) is 10.4 Å². The third-order valence-electron chi connectivity index (χ3n) is 4.40. The molecule has 6 heteroatoms. The van der Waals surface area contributed by atoms with Crippen LogP contribution in [0.3, 0.4) is 0 Å².